The van der Waals surface area contributed by atoms with Gasteiger partial charge in [0.1, 0.15) is 18.3 Å². The fraction of sp³-hybridized carbons (Fsp3) is 0.481. The van der Waals surface area contributed by atoms with Gasteiger partial charge in [-0.2, -0.15) is 0 Å². The van der Waals surface area contributed by atoms with E-state index >= 15 is 0 Å². The lowest BCUT2D eigenvalue weighted by atomic mass is 9.95. The minimum absolute atomic E-state index is 0.0864. The third-order valence-corrected chi connectivity index (χ3v) is 8.04. The zero-order valence-corrected chi connectivity index (χ0v) is 23.4. The smallest absolute Gasteiger partial charge is 0.244 e. The van der Waals surface area contributed by atoms with Crippen LogP contribution in [0.15, 0.2) is 42.5 Å². The third kappa shape index (κ3) is 7.85. The van der Waals surface area contributed by atoms with Gasteiger partial charge in [0.25, 0.3) is 0 Å². The molecule has 0 heterocycles. The molecule has 1 aliphatic rings. The molecule has 10 heteroatoms. The maximum absolute atomic E-state index is 13.7. The number of hydrogen-bond donors (Lipinski definition) is 1. The average molecular weight is 550 g/mol. The number of methoxy groups -OCH3 is 1. The molecule has 1 atom stereocenters. The van der Waals surface area contributed by atoms with Gasteiger partial charge in [-0.3, -0.25) is 13.9 Å². The first-order valence-corrected chi connectivity index (χ1v) is 14.7. The summed E-state index contributed by atoms with van der Waals surface area (Å²) in [5, 5.41) is 3.39. The maximum atomic E-state index is 13.7. The van der Waals surface area contributed by atoms with Crippen molar-refractivity contribution in [3.63, 3.8) is 0 Å². The van der Waals surface area contributed by atoms with Gasteiger partial charge in [0.05, 0.1) is 19.1 Å². The van der Waals surface area contributed by atoms with Crippen LogP contribution < -0.4 is 14.4 Å². The molecular formula is C27H36ClN3O5S. The van der Waals surface area contributed by atoms with E-state index in [2.05, 4.69) is 5.32 Å². The van der Waals surface area contributed by atoms with Crippen LogP contribution in [0.25, 0.3) is 0 Å². The molecule has 8 nitrogen and oxygen atoms in total. The monoisotopic (exact) mass is 549 g/mol. The molecule has 3 rings (SSSR count). The van der Waals surface area contributed by atoms with Crippen LogP contribution in [0, 0.1) is 6.92 Å². The molecule has 0 bridgehead atoms. The van der Waals surface area contributed by atoms with Gasteiger partial charge in [-0.25, -0.2) is 8.42 Å². The Morgan fingerprint density at radius 3 is 2.35 bits per heavy atom. The second-order valence-corrected chi connectivity index (χ2v) is 12.0. The van der Waals surface area contributed by atoms with E-state index in [-0.39, 0.29) is 29.9 Å². The number of rotatable bonds is 10. The number of carbonyl (C=O) groups excluding carboxylic acids is 2. The highest BCUT2D eigenvalue weighted by Crippen LogP contribution is 2.33. The lowest BCUT2D eigenvalue weighted by Crippen LogP contribution is -2.53. The number of anilines is 1. The predicted molar refractivity (Wildman–Crippen MR) is 146 cm³/mol. The Morgan fingerprint density at radius 2 is 1.76 bits per heavy atom. The molecule has 1 unspecified atom stereocenters. The highest BCUT2D eigenvalue weighted by molar-refractivity contribution is 7.92. The van der Waals surface area contributed by atoms with Gasteiger partial charge < -0.3 is 15.0 Å². The Hall–Kier alpha value is -2.78. The van der Waals surface area contributed by atoms with E-state index in [4.69, 9.17) is 16.3 Å². The van der Waals surface area contributed by atoms with E-state index < -0.39 is 28.5 Å². The fourth-order valence-electron chi connectivity index (χ4n) is 4.49. The van der Waals surface area contributed by atoms with Crippen LogP contribution >= 0.6 is 11.6 Å². The summed E-state index contributed by atoms with van der Waals surface area (Å²) in [5.41, 5.74) is 2.06. The Bertz CT molecular complexity index is 1200. The molecule has 2 amide bonds. The molecule has 2 aromatic rings. The van der Waals surface area contributed by atoms with Crippen LogP contribution in [0.2, 0.25) is 5.02 Å². The summed E-state index contributed by atoms with van der Waals surface area (Å²) in [6, 6.07) is 11.5. The van der Waals surface area contributed by atoms with Crippen LogP contribution in [0.4, 0.5) is 5.69 Å². The van der Waals surface area contributed by atoms with Crippen molar-refractivity contribution in [1.29, 1.82) is 0 Å². The molecule has 202 valence electrons. The highest BCUT2D eigenvalue weighted by atomic mass is 35.5. The summed E-state index contributed by atoms with van der Waals surface area (Å²) in [4.78, 5) is 28.4. The number of hydrogen-bond acceptors (Lipinski definition) is 5. The minimum atomic E-state index is -3.90. The Morgan fingerprint density at radius 1 is 1.11 bits per heavy atom. The number of amides is 2. The molecule has 1 N–H and O–H groups in total. The fourth-order valence-corrected chi connectivity index (χ4v) is 5.51. The van der Waals surface area contributed by atoms with Crippen LogP contribution in [0.3, 0.4) is 0 Å². The number of benzene rings is 2. The summed E-state index contributed by atoms with van der Waals surface area (Å²) in [6.07, 6.45) is 6.15. The first-order chi connectivity index (χ1) is 17.5. The SMILES string of the molecule is COc1ccc(Cl)cc1N(CC(=O)N(Cc1ccc(C)cc1)C(C)C(=O)NC1CCCCC1)S(C)(=O)=O. The van der Waals surface area contributed by atoms with Crippen molar-refractivity contribution >= 4 is 39.1 Å². The number of carbonyl (C=O) groups is 2. The normalized spacial score (nSPS) is 15.1. The minimum Gasteiger partial charge on any atom is -0.495 e. The van der Waals surface area contributed by atoms with Gasteiger partial charge in [-0.15, -0.1) is 0 Å². The Kier molecular flexibility index (Phi) is 9.84. The van der Waals surface area contributed by atoms with Crippen LogP contribution in [0.5, 0.6) is 5.75 Å². The summed E-state index contributed by atoms with van der Waals surface area (Å²) in [6.45, 7) is 3.29. The summed E-state index contributed by atoms with van der Waals surface area (Å²) < 4.78 is 31.9. The van der Waals surface area contributed by atoms with Gasteiger partial charge >= 0.3 is 0 Å². The topological polar surface area (TPSA) is 96.0 Å². The van der Waals surface area contributed by atoms with E-state index in [0.717, 1.165) is 53.8 Å². The van der Waals surface area contributed by atoms with E-state index in [0.29, 0.717) is 5.02 Å². The molecule has 0 aliphatic heterocycles. The van der Waals surface area contributed by atoms with Gasteiger partial charge in [0, 0.05) is 17.6 Å². The molecule has 2 aromatic carbocycles. The van der Waals surface area contributed by atoms with Crippen molar-refractivity contribution in [2.24, 2.45) is 0 Å². The number of nitrogens with zero attached hydrogens (tertiary/aromatic N) is 2. The second-order valence-electron chi connectivity index (χ2n) is 9.61. The Balaban J connectivity index is 1.91. The van der Waals surface area contributed by atoms with Crippen LogP contribution in [-0.4, -0.2) is 57.1 Å². The van der Waals surface area contributed by atoms with Crippen molar-refractivity contribution in [1.82, 2.24) is 10.2 Å². The molecule has 0 spiro atoms. The lowest BCUT2D eigenvalue weighted by molar-refractivity contribution is -0.139. The van der Waals surface area contributed by atoms with E-state index in [1.165, 1.54) is 18.1 Å². The third-order valence-electron chi connectivity index (χ3n) is 6.68. The van der Waals surface area contributed by atoms with E-state index in [1.54, 1.807) is 19.1 Å². The van der Waals surface area contributed by atoms with Gasteiger partial charge in [-0.05, 0) is 50.5 Å². The number of ether oxygens (including phenoxy) is 1. The van der Waals surface area contributed by atoms with E-state index in [1.807, 2.05) is 31.2 Å². The molecule has 1 aliphatic carbocycles. The maximum Gasteiger partial charge on any atom is 0.244 e. The number of nitrogens with one attached hydrogen (secondary N) is 1. The second kappa shape index (κ2) is 12.6. The molecule has 0 saturated heterocycles. The summed E-state index contributed by atoms with van der Waals surface area (Å²) in [7, 11) is -2.48. The van der Waals surface area contributed by atoms with Gasteiger partial charge in [0.15, 0.2) is 0 Å². The van der Waals surface area contributed by atoms with Crippen molar-refractivity contribution < 1.29 is 22.7 Å². The molecule has 0 radical (unpaired) electrons. The quantitative estimate of drug-likeness (QED) is 0.477. The molecule has 0 aromatic heterocycles. The number of halogens is 1. The van der Waals surface area contributed by atoms with Crippen molar-refractivity contribution in [3.05, 3.63) is 58.6 Å². The highest BCUT2D eigenvalue weighted by Gasteiger charge is 2.32. The first-order valence-electron chi connectivity index (χ1n) is 12.5. The largest absolute Gasteiger partial charge is 0.495 e. The number of aryl methyl sites for hydroxylation is 1. The zero-order valence-electron chi connectivity index (χ0n) is 21.9. The average Bonchev–Trinajstić information content (AvgIpc) is 2.86. The standard InChI is InChI=1S/C27H36ClN3O5S/c1-19-10-12-21(13-11-19)17-30(20(2)27(33)29-23-8-6-5-7-9-23)26(32)18-31(37(4,34)35)24-16-22(28)14-15-25(24)36-3/h10-16,20,23H,5-9,17-18H2,1-4H3,(H,29,33). The molecule has 37 heavy (non-hydrogen) atoms. The summed E-state index contributed by atoms with van der Waals surface area (Å²) in [5.74, 6) is -0.506. The first kappa shape index (κ1) is 28.8. The van der Waals surface area contributed by atoms with E-state index in [9.17, 15) is 18.0 Å². The molecular weight excluding hydrogens is 514 g/mol. The van der Waals surface area contributed by atoms with Crippen molar-refractivity contribution in [3.8, 4) is 5.75 Å². The summed E-state index contributed by atoms with van der Waals surface area (Å²) >= 11 is 6.15. The zero-order chi connectivity index (χ0) is 27.2. The van der Waals surface area contributed by atoms with Crippen LogP contribution in [-0.2, 0) is 26.2 Å². The van der Waals surface area contributed by atoms with Crippen LogP contribution in [0.1, 0.15) is 50.2 Å². The van der Waals surface area contributed by atoms with Crippen molar-refractivity contribution in [2.45, 2.75) is 64.6 Å². The Labute approximate surface area is 225 Å². The van der Waals surface area contributed by atoms with Gasteiger partial charge in [-0.1, -0.05) is 60.7 Å². The van der Waals surface area contributed by atoms with Crippen molar-refractivity contribution in [2.75, 3.05) is 24.2 Å². The molecule has 1 saturated carbocycles. The lowest BCUT2D eigenvalue weighted by Gasteiger charge is -2.33. The number of sulfonamides is 1. The molecule has 1 fully saturated rings. The predicted octanol–water partition coefficient (Wildman–Crippen LogP) is 4.29. The van der Waals surface area contributed by atoms with Gasteiger partial charge in [0.2, 0.25) is 21.8 Å².